The molecule has 0 aliphatic heterocycles. The number of para-hydroxylation sites is 1. The van der Waals surface area contributed by atoms with Gasteiger partial charge < -0.3 is 14.4 Å². The summed E-state index contributed by atoms with van der Waals surface area (Å²) in [6, 6.07) is 16.6. The van der Waals surface area contributed by atoms with Crippen LogP contribution in [0.5, 0.6) is 11.5 Å². The molecule has 3 nitrogen and oxygen atoms in total. The molecule has 0 saturated carbocycles. The molecule has 0 heterocycles. The molecule has 0 N–H and O–H groups in total. The average Bonchev–Trinajstić information content (AvgIpc) is 2.54. The van der Waals surface area contributed by atoms with E-state index in [1.165, 1.54) is 11.1 Å². The molecule has 22 heavy (non-hydrogen) atoms. The first-order chi connectivity index (χ1) is 10.7. The van der Waals surface area contributed by atoms with E-state index in [4.69, 9.17) is 9.47 Å². The van der Waals surface area contributed by atoms with Crippen molar-refractivity contribution < 1.29 is 9.47 Å². The Balaban J connectivity index is 2.08. The molecule has 0 fully saturated rings. The maximum absolute atomic E-state index is 5.99. The molecular formula is C19H25NO2. The van der Waals surface area contributed by atoms with Crippen molar-refractivity contribution in [3.8, 4) is 11.5 Å². The normalized spacial score (nSPS) is 10.7. The topological polar surface area (TPSA) is 21.7 Å². The SMILES string of the molecule is COc1cccc(CCc2ccccc2)c1OCCN(C)C. The van der Waals surface area contributed by atoms with E-state index in [1.54, 1.807) is 7.11 Å². The lowest BCUT2D eigenvalue weighted by atomic mass is 10.0. The van der Waals surface area contributed by atoms with Crippen LogP contribution in [0.2, 0.25) is 0 Å². The van der Waals surface area contributed by atoms with E-state index in [-0.39, 0.29) is 0 Å². The monoisotopic (exact) mass is 299 g/mol. The van der Waals surface area contributed by atoms with Gasteiger partial charge in [0.25, 0.3) is 0 Å². The van der Waals surface area contributed by atoms with Gasteiger partial charge in [-0.2, -0.15) is 0 Å². The van der Waals surface area contributed by atoms with Crippen molar-refractivity contribution in [1.29, 1.82) is 0 Å². The summed E-state index contributed by atoms with van der Waals surface area (Å²) in [5.74, 6) is 1.69. The van der Waals surface area contributed by atoms with Gasteiger partial charge >= 0.3 is 0 Å². The van der Waals surface area contributed by atoms with Crippen molar-refractivity contribution in [3.05, 3.63) is 59.7 Å². The molecule has 118 valence electrons. The van der Waals surface area contributed by atoms with Gasteiger partial charge in [-0.25, -0.2) is 0 Å². The molecular weight excluding hydrogens is 274 g/mol. The van der Waals surface area contributed by atoms with Crippen molar-refractivity contribution in [2.75, 3.05) is 34.4 Å². The van der Waals surface area contributed by atoms with E-state index in [1.807, 2.05) is 32.3 Å². The van der Waals surface area contributed by atoms with E-state index in [2.05, 4.69) is 35.2 Å². The second-order valence-corrected chi connectivity index (χ2v) is 5.59. The average molecular weight is 299 g/mol. The quantitative estimate of drug-likeness (QED) is 0.745. The fraction of sp³-hybridized carbons (Fsp3) is 0.368. The van der Waals surface area contributed by atoms with Crippen LogP contribution < -0.4 is 9.47 Å². The number of nitrogens with zero attached hydrogens (tertiary/aromatic N) is 1. The van der Waals surface area contributed by atoms with Crippen molar-refractivity contribution in [3.63, 3.8) is 0 Å². The summed E-state index contributed by atoms with van der Waals surface area (Å²) < 4.78 is 11.4. The Morgan fingerprint density at radius 1 is 0.909 bits per heavy atom. The van der Waals surface area contributed by atoms with Gasteiger partial charge in [0.15, 0.2) is 11.5 Å². The number of likely N-dealkylation sites (N-methyl/N-ethyl adjacent to an activating group) is 1. The zero-order valence-corrected chi connectivity index (χ0v) is 13.7. The van der Waals surface area contributed by atoms with Gasteiger partial charge in [-0.3, -0.25) is 0 Å². The van der Waals surface area contributed by atoms with E-state index in [0.29, 0.717) is 6.61 Å². The number of rotatable bonds is 8. The molecule has 0 amide bonds. The lowest BCUT2D eigenvalue weighted by molar-refractivity contribution is 0.248. The first kappa shape index (κ1) is 16.4. The largest absolute Gasteiger partial charge is 0.493 e. The maximum Gasteiger partial charge on any atom is 0.164 e. The molecule has 0 bridgehead atoms. The molecule has 0 aliphatic rings. The zero-order valence-electron chi connectivity index (χ0n) is 13.7. The molecule has 0 aliphatic carbocycles. The summed E-state index contributed by atoms with van der Waals surface area (Å²) >= 11 is 0. The molecule has 0 aromatic heterocycles. The second kappa shape index (κ2) is 8.44. The van der Waals surface area contributed by atoms with Gasteiger partial charge in [0, 0.05) is 6.54 Å². The number of methoxy groups -OCH3 is 1. The zero-order chi connectivity index (χ0) is 15.8. The van der Waals surface area contributed by atoms with Crippen molar-refractivity contribution in [2.45, 2.75) is 12.8 Å². The Hall–Kier alpha value is -2.00. The van der Waals surface area contributed by atoms with Gasteiger partial charge in [0.2, 0.25) is 0 Å². The predicted molar refractivity (Wildman–Crippen MR) is 90.9 cm³/mol. The molecule has 3 heteroatoms. The Morgan fingerprint density at radius 2 is 1.68 bits per heavy atom. The van der Waals surface area contributed by atoms with Crippen molar-refractivity contribution >= 4 is 0 Å². The number of ether oxygens (including phenoxy) is 2. The summed E-state index contributed by atoms with van der Waals surface area (Å²) in [5.41, 5.74) is 2.53. The van der Waals surface area contributed by atoms with Crippen LogP contribution in [0.3, 0.4) is 0 Å². The van der Waals surface area contributed by atoms with Gasteiger partial charge in [-0.05, 0) is 44.1 Å². The highest BCUT2D eigenvalue weighted by Crippen LogP contribution is 2.32. The lowest BCUT2D eigenvalue weighted by Gasteiger charge is -2.17. The standard InChI is InChI=1S/C19H25NO2/c1-20(2)14-15-22-19-17(10-7-11-18(19)21-3)13-12-16-8-5-4-6-9-16/h4-11H,12-15H2,1-3H3. The number of hydrogen-bond acceptors (Lipinski definition) is 3. The minimum absolute atomic E-state index is 0.658. The Kier molecular flexibility index (Phi) is 6.28. The highest BCUT2D eigenvalue weighted by Gasteiger charge is 2.11. The molecule has 2 aromatic carbocycles. The first-order valence-electron chi connectivity index (χ1n) is 7.68. The maximum atomic E-state index is 5.99. The minimum Gasteiger partial charge on any atom is -0.493 e. The summed E-state index contributed by atoms with van der Waals surface area (Å²) in [6.07, 6.45) is 1.94. The van der Waals surface area contributed by atoms with Gasteiger partial charge in [0.1, 0.15) is 6.61 Å². The second-order valence-electron chi connectivity index (χ2n) is 5.59. The summed E-state index contributed by atoms with van der Waals surface area (Å²) in [5, 5.41) is 0. The van der Waals surface area contributed by atoms with Gasteiger partial charge in [0.05, 0.1) is 7.11 Å². The van der Waals surface area contributed by atoms with E-state index in [9.17, 15) is 0 Å². The van der Waals surface area contributed by atoms with Gasteiger partial charge in [-0.1, -0.05) is 42.5 Å². The van der Waals surface area contributed by atoms with E-state index >= 15 is 0 Å². The first-order valence-corrected chi connectivity index (χ1v) is 7.68. The Morgan fingerprint density at radius 3 is 2.36 bits per heavy atom. The van der Waals surface area contributed by atoms with Crippen molar-refractivity contribution in [2.24, 2.45) is 0 Å². The molecule has 0 unspecified atom stereocenters. The molecule has 2 rings (SSSR count). The molecule has 0 radical (unpaired) electrons. The molecule has 0 atom stereocenters. The Labute approximate surface area is 133 Å². The third-order valence-electron chi connectivity index (χ3n) is 3.59. The summed E-state index contributed by atoms with van der Waals surface area (Å²) in [6.45, 7) is 1.54. The van der Waals surface area contributed by atoms with Crippen molar-refractivity contribution in [1.82, 2.24) is 4.90 Å². The van der Waals surface area contributed by atoms with Crippen LogP contribution in [-0.4, -0.2) is 39.3 Å². The third kappa shape index (κ3) is 4.78. The summed E-state index contributed by atoms with van der Waals surface area (Å²) in [7, 11) is 5.78. The minimum atomic E-state index is 0.658. The Bertz CT molecular complexity index is 567. The highest BCUT2D eigenvalue weighted by molar-refractivity contribution is 5.47. The fourth-order valence-electron chi connectivity index (χ4n) is 2.34. The van der Waals surface area contributed by atoms with E-state index < -0.39 is 0 Å². The molecule has 0 spiro atoms. The number of benzene rings is 2. The molecule has 0 saturated heterocycles. The predicted octanol–water partition coefficient (Wildman–Crippen LogP) is 3.42. The smallest absolute Gasteiger partial charge is 0.164 e. The number of hydrogen-bond donors (Lipinski definition) is 0. The lowest BCUT2D eigenvalue weighted by Crippen LogP contribution is -2.20. The van der Waals surface area contributed by atoms with E-state index in [0.717, 1.165) is 30.9 Å². The van der Waals surface area contributed by atoms with Gasteiger partial charge in [-0.15, -0.1) is 0 Å². The third-order valence-corrected chi connectivity index (χ3v) is 3.59. The molecule has 2 aromatic rings. The van der Waals surface area contributed by atoms with Crippen LogP contribution >= 0.6 is 0 Å². The summed E-state index contributed by atoms with van der Waals surface area (Å²) in [4.78, 5) is 2.11. The van der Waals surface area contributed by atoms with Crippen LogP contribution in [0, 0.1) is 0 Å². The number of aryl methyl sites for hydroxylation is 2. The van der Waals surface area contributed by atoms with Crippen LogP contribution in [0.1, 0.15) is 11.1 Å². The van der Waals surface area contributed by atoms with Crippen LogP contribution in [-0.2, 0) is 12.8 Å². The van der Waals surface area contributed by atoms with Crippen LogP contribution in [0.15, 0.2) is 48.5 Å². The highest BCUT2D eigenvalue weighted by atomic mass is 16.5. The van der Waals surface area contributed by atoms with Crippen LogP contribution in [0.4, 0.5) is 0 Å². The fourth-order valence-corrected chi connectivity index (χ4v) is 2.34. The van der Waals surface area contributed by atoms with Crippen LogP contribution in [0.25, 0.3) is 0 Å².